The largest absolute Gasteiger partial charge is 0.486 e. The normalized spacial score (nSPS) is 18.9. The van der Waals surface area contributed by atoms with Gasteiger partial charge in [-0.3, -0.25) is 9.69 Å². The first-order valence-corrected chi connectivity index (χ1v) is 6.21. The smallest absolute Gasteiger partial charge is 0.410 e. The molecule has 0 aromatic heterocycles. The molecule has 1 rings (SSSR count). The van der Waals surface area contributed by atoms with E-state index in [1.54, 1.807) is 46.0 Å². The van der Waals surface area contributed by atoms with Gasteiger partial charge in [-0.2, -0.15) is 0 Å². The monoisotopic (exact) mass is 270 g/mol. The van der Waals surface area contributed by atoms with Crippen molar-refractivity contribution in [1.29, 1.82) is 0 Å². The first kappa shape index (κ1) is 15.3. The lowest BCUT2D eigenvalue weighted by molar-refractivity contribution is -0.118. The molecule has 0 atom stereocenters. The minimum atomic E-state index is -0.574. The quantitative estimate of drug-likeness (QED) is 0.671. The van der Waals surface area contributed by atoms with E-state index in [0.717, 1.165) is 0 Å². The van der Waals surface area contributed by atoms with Gasteiger partial charge in [0.2, 0.25) is 5.78 Å². The average molecular weight is 270 g/mol. The zero-order valence-electron chi connectivity index (χ0n) is 12.2. The van der Waals surface area contributed by atoms with Gasteiger partial charge in [0.25, 0.3) is 0 Å². The number of carbonyl (C=O) groups excluding carboxylic acids is 2. The minimum Gasteiger partial charge on any atom is -0.486 e. The second-order valence-corrected chi connectivity index (χ2v) is 5.63. The van der Waals surface area contributed by atoms with Crippen molar-refractivity contribution in [2.45, 2.75) is 26.4 Å². The molecule has 0 aliphatic carbocycles. The van der Waals surface area contributed by atoms with Crippen LogP contribution >= 0.6 is 0 Å². The highest BCUT2D eigenvalue weighted by Gasteiger charge is 2.28. The SMILES string of the molecule is CN(C)/C=C1\OCCN(C(=O)OC(C)(C)C)CC1=O. The van der Waals surface area contributed by atoms with Crippen LogP contribution in [-0.4, -0.2) is 61.1 Å². The van der Waals surface area contributed by atoms with Crippen molar-refractivity contribution in [1.82, 2.24) is 9.80 Å². The van der Waals surface area contributed by atoms with E-state index < -0.39 is 11.7 Å². The van der Waals surface area contributed by atoms with Crippen molar-refractivity contribution in [3.8, 4) is 0 Å². The van der Waals surface area contributed by atoms with Crippen LogP contribution in [0.15, 0.2) is 12.0 Å². The predicted octanol–water partition coefficient (Wildman–Crippen LogP) is 1.23. The number of Topliss-reactive ketones (excluding diaryl/α,β-unsaturated/α-hetero) is 1. The zero-order chi connectivity index (χ0) is 14.6. The summed E-state index contributed by atoms with van der Waals surface area (Å²) < 4.78 is 10.6. The molecule has 6 nitrogen and oxygen atoms in total. The first-order chi connectivity index (χ1) is 8.69. The van der Waals surface area contributed by atoms with Gasteiger partial charge in [-0.25, -0.2) is 4.79 Å². The fourth-order valence-electron chi connectivity index (χ4n) is 1.50. The van der Waals surface area contributed by atoms with Crippen molar-refractivity contribution < 1.29 is 19.1 Å². The van der Waals surface area contributed by atoms with Crippen molar-refractivity contribution in [3.63, 3.8) is 0 Å². The highest BCUT2D eigenvalue weighted by molar-refractivity contribution is 5.96. The zero-order valence-corrected chi connectivity index (χ0v) is 12.2. The Balaban J connectivity index is 2.71. The summed E-state index contributed by atoms with van der Waals surface area (Å²) in [5, 5.41) is 0. The van der Waals surface area contributed by atoms with Crippen molar-refractivity contribution >= 4 is 11.9 Å². The summed E-state index contributed by atoms with van der Waals surface area (Å²) in [7, 11) is 3.61. The van der Waals surface area contributed by atoms with Gasteiger partial charge in [-0.1, -0.05) is 0 Å². The van der Waals surface area contributed by atoms with Crippen LogP contribution in [0.3, 0.4) is 0 Å². The molecule has 0 bridgehead atoms. The summed E-state index contributed by atoms with van der Waals surface area (Å²) in [4.78, 5) is 27.0. The molecule has 0 unspecified atom stereocenters. The summed E-state index contributed by atoms with van der Waals surface area (Å²) in [6, 6.07) is 0. The summed E-state index contributed by atoms with van der Waals surface area (Å²) >= 11 is 0. The second kappa shape index (κ2) is 5.95. The van der Waals surface area contributed by atoms with Crippen LogP contribution in [0.2, 0.25) is 0 Å². The molecule has 0 N–H and O–H groups in total. The maximum atomic E-state index is 12.0. The molecule has 1 saturated heterocycles. The van der Waals surface area contributed by atoms with E-state index in [9.17, 15) is 9.59 Å². The van der Waals surface area contributed by atoms with Crippen LogP contribution in [0.4, 0.5) is 4.79 Å². The van der Waals surface area contributed by atoms with Gasteiger partial charge < -0.3 is 14.4 Å². The lowest BCUT2D eigenvalue weighted by Gasteiger charge is -2.25. The molecule has 0 spiro atoms. The Morgan fingerprint density at radius 2 is 2.05 bits per heavy atom. The van der Waals surface area contributed by atoms with E-state index in [1.807, 2.05) is 0 Å². The van der Waals surface area contributed by atoms with Crippen molar-refractivity contribution in [3.05, 3.63) is 12.0 Å². The third-order valence-corrected chi connectivity index (χ3v) is 2.26. The number of amides is 1. The molecule has 1 fully saturated rings. The Kier molecular flexibility index (Phi) is 4.80. The fourth-order valence-corrected chi connectivity index (χ4v) is 1.50. The van der Waals surface area contributed by atoms with Crippen LogP contribution in [0.5, 0.6) is 0 Å². The molecule has 1 amide bonds. The van der Waals surface area contributed by atoms with Crippen LogP contribution in [0.25, 0.3) is 0 Å². The first-order valence-electron chi connectivity index (χ1n) is 6.21. The van der Waals surface area contributed by atoms with E-state index in [4.69, 9.17) is 9.47 Å². The Morgan fingerprint density at radius 1 is 1.42 bits per heavy atom. The summed E-state index contributed by atoms with van der Waals surface area (Å²) in [5.74, 6) is 0.0492. The highest BCUT2D eigenvalue weighted by Crippen LogP contribution is 2.13. The predicted molar refractivity (Wildman–Crippen MR) is 70.5 cm³/mol. The number of nitrogens with zero attached hydrogens (tertiary/aromatic N) is 2. The number of hydrogen-bond donors (Lipinski definition) is 0. The van der Waals surface area contributed by atoms with Crippen molar-refractivity contribution in [2.24, 2.45) is 0 Å². The topological polar surface area (TPSA) is 59.1 Å². The molecule has 1 aliphatic rings. The van der Waals surface area contributed by atoms with Crippen molar-refractivity contribution in [2.75, 3.05) is 33.8 Å². The van der Waals surface area contributed by atoms with E-state index in [0.29, 0.717) is 6.54 Å². The molecule has 108 valence electrons. The third-order valence-electron chi connectivity index (χ3n) is 2.26. The Morgan fingerprint density at radius 3 is 2.58 bits per heavy atom. The average Bonchev–Trinajstić information content (AvgIpc) is 2.38. The van der Waals surface area contributed by atoms with Gasteiger partial charge in [0.05, 0.1) is 13.1 Å². The number of ketones is 1. The summed E-state index contributed by atoms with van der Waals surface area (Å²) in [6.45, 7) is 5.97. The standard InChI is InChI=1S/C13H22N2O4/c1-13(2,3)19-12(17)15-6-7-18-11(9-14(4)5)10(16)8-15/h9H,6-8H2,1-5H3/b11-9-. The van der Waals surface area contributed by atoms with Gasteiger partial charge in [0, 0.05) is 20.3 Å². The second-order valence-electron chi connectivity index (χ2n) is 5.63. The molecule has 1 heterocycles. The Labute approximate surface area is 113 Å². The van der Waals surface area contributed by atoms with Crippen LogP contribution in [0.1, 0.15) is 20.8 Å². The van der Waals surface area contributed by atoms with Crippen LogP contribution in [-0.2, 0) is 14.3 Å². The molecular formula is C13H22N2O4. The summed E-state index contributed by atoms with van der Waals surface area (Å²) in [6.07, 6.45) is 1.12. The van der Waals surface area contributed by atoms with Crippen LogP contribution in [0, 0.1) is 0 Å². The van der Waals surface area contributed by atoms with Gasteiger partial charge in [-0.05, 0) is 20.8 Å². The minimum absolute atomic E-state index is 0.0193. The summed E-state index contributed by atoms with van der Waals surface area (Å²) in [5.41, 5.74) is -0.574. The van der Waals surface area contributed by atoms with Gasteiger partial charge in [-0.15, -0.1) is 0 Å². The van der Waals surface area contributed by atoms with E-state index >= 15 is 0 Å². The van der Waals surface area contributed by atoms with Gasteiger partial charge in [0.1, 0.15) is 12.2 Å². The number of ether oxygens (including phenoxy) is 2. The molecular weight excluding hydrogens is 248 g/mol. The molecule has 0 radical (unpaired) electrons. The van der Waals surface area contributed by atoms with Gasteiger partial charge in [0.15, 0.2) is 5.76 Å². The fraction of sp³-hybridized carbons (Fsp3) is 0.692. The van der Waals surface area contributed by atoms with Gasteiger partial charge >= 0.3 is 6.09 Å². The maximum absolute atomic E-state index is 12.0. The number of rotatable bonds is 1. The molecule has 6 heteroatoms. The lowest BCUT2D eigenvalue weighted by Crippen LogP contribution is -2.40. The number of hydrogen-bond acceptors (Lipinski definition) is 5. The Bertz CT molecular complexity index is 383. The molecule has 1 aliphatic heterocycles. The molecule has 0 aromatic rings. The molecule has 19 heavy (non-hydrogen) atoms. The molecule has 0 saturated carbocycles. The Hall–Kier alpha value is -1.72. The number of carbonyl (C=O) groups is 2. The third kappa shape index (κ3) is 5.19. The van der Waals surface area contributed by atoms with E-state index in [1.165, 1.54) is 4.90 Å². The van der Waals surface area contributed by atoms with E-state index in [2.05, 4.69) is 0 Å². The molecule has 0 aromatic carbocycles. The van der Waals surface area contributed by atoms with Crippen LogP contribution < -0.4 is 0 Å². The highest BCUT2D eigenvalue weighted by atomic mass is 16.6. The maximum Gasteiger partial charge on any atom is 0.410 e. The lowest BCUT2D eigenvalue weighted by atomic mass is 10.2. The van der Waals surface area contributed by atoms with E-state index in [-0.39, 0.29) is 24.7 Å².